The lowest BCUT2D eigenvalue weighted by atomic mass is 10.2. The minimum Gasteiger partial charge on any atom is -0.123 e. The van der Waals surface area contributed by atoms with Crippen LogP contribution < -0.4 is 0 Å². The summed E-state index contributed by atoms with van der Waals surface area (Å²) in [5.41, 5.74) is 1.36. The van der Waals surface area contributed by atoms with Crippen molar-refractivity contribution in [3.8, 4) is 0 Å². The van der Waals surface area contributed by atoms with Gasteiger partial charge in [0.05, 0.1) is 0 Å². The molecule has 0 saturated carbocycles. The molecule has 0 nitrogen and oxygen atoms in total. The number of rotatable bonds is 3. The van der Waals surface area contributed by atoms with Crippen LogP contribution in [0.3, 0.4) is 0 Å². The molecule has 9 heavy (non-hydrogen) atoms. The molecule has 0 heterocycles. The highest BCUT2D eigenvalue weighted by molar-refractivity contribution is 6.20. The average molecular weight is 147 g/mol. The van der Waals surface area contributed by atoms with E-state index in [1.807, 2.05) is 0 Å². The van der Waals surface area contributed by atoms with Crippen LogP contribution in [0.5, 0.6) is 0 Å². The molecule has 0 aromatic heterocycles. The first-order valence-corrected chi connectivity index (χ1v) is 3.88. The van der Waals surface area contributed by atoms with Gasteiger partial charge in [-0.1, -0.05) is 18.6 Å². The summed E-state index contributed by atoms with van der Waals surface area (Å²) in [4.78, 5) is 0. The minimum atomic E-state index is 0.333. The Labute approximate surface area is 62.9 Å². The summed E-state index contributed by atoms with van der Waals surface area (Å²) in [5, 5.41) is 0.333. The minimum absolute atomic E-state index is 0.333. The van der Waals surface area contributed by atoms with Gasteiger partial charge in [0.25, 0.3) is 0 Å². The van der Waals surface area contributed by atoms with Crippen LogP contribution in [0.15, 0.2) is 11.6 Å². The third kappa shape index (κ3) is 5.91. The van der Waals surface area contributed by atoms with Crippen molar-refractivity contribution < 1.29 is 0 Å². The van der Waals surface area contributed by atoms with Gasteiger partial charge in [-0.25, -0.2) is 0 Å². The second-order valence-electron chi connectivity index (χ2n) is 2.52. The SMILES string of the molecule is CCC(Cl)CC=C(C)C. The Morgan fingerprint density at radius 2 is 2.11 bits per heavy atom. The van der Waals surface area contributed by atoms with E-state index in [4.69, 9.17) is 11.6 Å². The van der Waals surface area contributed by atoms with E-state index in [0.717, 1.165) is 12.8 Å². The molecule has 0 aromatic carbocycles. The normalized spacial score (nSPS) is 12.9. The first-order chi connectivity index (χ1) is 4.16. The maximum absolute atomic E-state index is 5.86. The summed E-state index contributed by atoms with van der Waals surface area (Å²) in [6.45, 7) is 6.30. The fourth-order valence-electron chi connectivity index (χ4n) is 0.530. The Morgan fingerprint density at radius 3 is 2.44 bits per heavy atom. The quantitative estimate of drug-likeness (QED) is 0.423. The summed E-state index contributed by atoms with van der Waals surface area (Å²) in [6.07, 6.45) is 4.26. The molecule has 0 radical (unpaired) electrons. The van der Waals surface area contributed by atoms with Crippen molar-refractivity contribution in [2.24, 2.45) is 0 Å². The van der Waals surface area contributed by atoms with Crippen LogP contribution in [0.25, 0.3) is 0 Å². The molecule has 0 aliphatic heterocycles. The average Bonchev–Trinajstić information content (AvgIpc) is 1.83. The van der Waals surface area contributed by atoms with E-state index in [9.17, 15) is 0 Å². The smallest absolute Gasteiger partial charge is 0.0368 e. The number of halogens is 1. The first-order valence-electron chi connectivity index (χ1n) is 3.44. The molecule has 0 bridgehead atoms. The highest BCUT2D eigenvalue weighted by Gasteiger charge is 1.95. The summed E-state index contributed by atoms with van der Waals surface area (Å²) in [6, 6.07) is 0. The Bertz CT molecular complexity index is 90.7. The van der Waals surface area contributed by atoms with E-state index in [0.29, 0.717) is 5.38 Å². The summed E-state index contributed by atoms with van der Waals surface area (Å²) in [5.74, 6) is 0. The number of alkyl halides is 1. The second-order valence-corrected chi connectivity index (χ2v) is 3.14. The van der Waals surface area contributed by atoms with Crippen molar-refractivity contribution in [1.82, 2.24) is 0 Å². The number of allylic oxidation sites excluding steroid dienone is 2. The van der Waals surface area contributed by atoms with Gasteiger partial charge in [-0.2, -0.15) is 0 Å². The molecule has 0 N–H and O–H groups in total. The second kappa shape index (κ2) is 4.87. The predicted octanol–water partition coefficient (Wildman–Crippen LogP) is 3.36. The van der Waals surface area contributed by atoms with E-state index in [2.05, 4.69) is 26.8 Å². The third-order valence-electron chi connectivity index (χ3n) is 1.22. The highest BCUT2D eigenvalue weighted by atomic mass is 35.5. The predicted molar refractivity (Wildman–Crippen MR) is 44.0 cm³/mol. The van der Waals surface area contributed by atoms with E-state index in [1.54, 1.807) is 0 Å². The number of hydrogen-bond acceptors (Lipinski definition) is 0. The van der Waals surface area contributed by atoms with E-state index in [-0.39, 0.29) is 0 Å². The van der Waals surface area contributed by atoms with Crippen molar-refractivity contribution >= 4 is 11.6 Å². The Kier molecular flexibility index (Phi) is 4.88. The van der Waals surface area contributed by atoms with Crippen LogP contribution in [-0.2, 0) is 0 Å². The molecule has 54 valence electrons. The zero-order chi connectivity index (χ0) is 7.28. The van der Waals surface area contributed by atoms with Gasteiger partial charge in [0.1, 0.15) is 0 Å². The molecule has 0 spiro atoms. The largest absolute Gasteiger partial charge is 0.123 e. The lowest BCUT2D eigenvalue weighted by molar-refractivity contribution is 0.821. The molecule has 0 rings (SSSR count). The van der Waals surface area contributed by atoms with Crippen LogP contribution in [0.2, 0.25) is 0 Å². The van der Waals surface area contributed by atoms with Crippen LogP contribution >= 0.6 is 11.6 Å². The molecule has 1 atom stereocenters. The molecule has 1 unspecified atom stereocenters. The summed E-state index contributed by atoms with van der Waals surface area (Å²) < 4.78 is 0. The maximum Gasteiger partial charge on any atom is 0.0368 e. The zero-order valence-corrected chi connectivity index (χ0v) is 7.20. The van der Waals surface area contributed by atoms with Crippen molar-refractivity contribution in [2.45, 2.75) is 39.0 Å². The van der Waals surface area contributed by atoms with Crippen molar-refractivity contribution in [3.05, 3.63) is 11.6 Å². The van der Waals surface area contributed by atoms with E-state index in [1.165, 1.54) is 5.57 Å². The van der Waals surface area contributed by atoms with Gasteiger partial charge in [-0.05, 0) is 26.7 Å². The van der Waals surface area contributed by atoms with Gasteiger partial charge in [0.2, 0.25) is 0 Å². The van der Waals surface area contributed by atoms with Crippen molar-refractivity contribution in [3.63, 3.8) is 0 Å². The van der Waals surface area contributed by atoms with Gasteiger partial charge in [0, 0.05) is 5.38 Å². The summed E-state index contributed by atoms with van der Waals surface area (Å²) in [7, 11) is 0. The first kappa shape index (κ1) is 9.03. The molecular weight excluding hydrogens is 132 g/mol. The lowest BCUT2D eigenvalue weighted by Gasteiger charge is -2.00. The van der Waals surface area contributed by atoms with Gasteiger partial charge in [-0.15, -0.1) is 11.6 Å². The molecule has 1 heteroatoms. The molecule has 0 aliphatic rings. The number of hydrogen-bond donors (Lipinski definition) is 0. The highest BCUT2D eigenvalue weighted by Crippen LogP contribution is 2.08. The fourth-order valence-corrected chi connectivity index (χ4v) is 0.619. The van der Waals surface area contributed by atoms with Crippen LogP contribution in [0, 0.1) is 0 Å². The third-order valence-corrected chi connectivity index (χ3v) is 1.71. The molecule has 0 amide bonds. The maximum atomic E-state index is 5.86. The van der Waals surface area contributed by atoms with E-state index < -0.39 is 0 Å². The van der Waals surface area contributed by atoms with Gasteiger partial charge in [-0.3, -0.25) is 0 Å². The molecular formula is C8H15Cl. The van der Waals surface area contributed by atoms with E-state index >= 15 is 0 Å². The Morgan fingerprint density at radius 1 is 1.56 bits per heavy atom. The van der Waals surface area contributed by atoms with Crippen LogP contribution in [0.1, 0.15) is 33.6 Å². The standard InChI is InChI=1S/C8H15Cl/c1-4-8(9)6-5-7(2)3/h5,8H,4,6H2,1-3H3. The summed E-state index contributed by atoms with van der Waals surface area (Å²) >= 11 is 5.86. The monoisotopic (exact) mass is 146 g/mol. The Hall–Kier alpha value is 0.0300. The topological polar surface area (TPSA) is 0 Å². The van der Waals surface area contributed by atoms with Crippen molar-refractivity contribution in [2.75, 3.05) is 0 Å². The van der Waals surface area contributed by atoms with Crippen LogP contribution in [0.4, 0.5) is 0 Å². The van der Waals surface area contributed by atoms with Gasteiger partial charge >= 0.3 is 0 Å². The molecule has 0 aromatic rings. The lowest BCUT2D eigenvalue weighted by Crippen LogP contribution is -1.92. The molecule has 0 aliphatic carbocycles. The van der Waals surface area contributed by atoms with Crippen LogP contribution in [-0.4, -0.2) is 5.38 Å². The molecule has 0 saturated heterocycles. The molecule has 0 fully saturated rings. The fraction of sp³-hybridized carbons (Fsp3) is 0.750. The van der Waals surface area contributed by atoms with Gasteiger partial charge in [0.15, 0.2) is 0 Å². The zero-order valence-electron chi connectivity index (χ0n) is 6.45. The van der Waals surface area contributed by atoms with Crippen molar-refractivity contribution in [1.29, 1.82) is 0 Å². The van der Waals surface area contributed by atoms with Gasteiger partial charge < -0.3 is 0 Å². The Balaban J connectivity index is 3.37.